The summed E-state index contributed by atoms with van der Waals surface area (Å²) in [6, 6.07) is 1.84. The van der Waals surface area contributed by atoms with E-state index in [2.05, 4.69) is 33.6 Å². The van der Waals surface area contributed by atoms with Gasteiger partial charge in [-0.05, 0) is 25.0 Å². The molecule has 2 aromatic rings. The van der Waals surface area contributed by atoms with Crippen molar-refractivity contribution in [1.29, 1.82) is 0 Å². The summed E-state index contributed by atoms with van der Waals surface area (Å²) in [5, 5.41) is 36.0. The Labute approximate surface area is 217 Å². The first-order chi connectivity index (χ1) is 17.4. The number of rotatable bonds is 14. The topological polar surface area (TPSA) is 224 Å². The summed E-state index contributed by atoms with van der Waals surface area (Å²) in [5.74, 6) is -5.37. The van der Waals surface area contributed by atoms with Gasteiger partial charge >= 0.3 is 11.9 Å². The minimum absolute atomic E-state index is 0.0722. The van der Waals surface area contributed by atoms with Crippen LogP contribution < -0.4 is 21.7 Å². The summed E-state index contributed by atoms with van der Waals surface area (Å²) < 4.78 is 0. The third-order valence-electron chi connectivity index (χ3n) is 5.63. The molecular weight excluding hydrogens is 506 g/mol. The molecule has 0 saturated heterocycles. The first-order valence-corrected chi connectivity index (χ1v) is 12.0. The first kappa shape index (κ1) is 29.6. The van der Waals surface area contributed by atoms with Crippen LogP contribution in [0.1, 0.15) is 25.3 Å². The number of aromatic amines is 1. The molecule has 1 aromatic carbocycles. The molecule has 0 radical (unpaired) electrons. The number of carboxylic acids is 2. The van der Waals surface area contributed by atoms with Crippen LogP contribution in [-0.4, -0.2) is 86.0 Å². The molecule has 13 nitrogen and oxygen atoms in total. The number of aliphatic hydroxyl groups excluding tert-OH is 1. The molecule has 0 aliphatic carbocycles. The molecule has 0 spiro atoms. The number of para-hydroxylation sites is 1. The third-order valence-corrected chi connectivity index (χ3v) is 6.00. The van der Waals surface area contributed by atoms with Gasteiger partial charge in [0.1, 0.15) is 24.2 Å². The van der Waals surface area contributed by atoms with Crippen LogP contribution in [0.15, 0.2) is 30.5 Å². The average Bonchev–Trinajstić information content (AvgIpc) is 3.26. The zero-order valence-electron chi connectivity index (χ0n) is 20.0. The van der Waals surface area contributed by atoms with Gasteiger partial charge in [-0.1, -0.05) is 18.2 Å². The van der Waals surface area contributed by atoms with E-state index in [1.54, 1.807) is 18.3 Å². The zero-order valence-corrected chi connectivity index (χ0v) is 20.9. The summed E-state index contributed by atoms with van der Waals surface area (Å²) in [7, 11) is 0. The molecule has 202 valence electrons. The van der Waals surface area contributed by atoms with Gasteiger partial charge in [0.05, 0.1) is 6.10 Å². The maximum atomic E-state index is 13.0. The van der Waals surface area contributed by atoms with E-state index in [-0.39, 0.29) is 18.6 Å². The predicted molar refractivity (Wildman–Crippen MR) is 136 cm³/mol. The number of amides is 3. The van der Waals surface area contributed by atoms with Crippen LogP contribution in [0.25, 0.3) is 10.9 Å². The number of nitrogens with one attached hydrogen (secondary N) is 4. The highest BCUT2D eigenvalue weighted by molar-refractivity contribution is 7.80. The number of carbonyl (C=O) groups excluding carboxylic acids is 3. The van der Waals surface area contributed by atoms with E-state index in [1.165, 1.54) is 6.92 Å². The van der Waals surface area contributed by atoms with Crippen LogP contribution in [0, 0.1) is 0 Å². The van der Waals surface area contributed by atoms with Crippen LogP contribution >= 0.6 is 12.6 Å². The van der Waals surface area contributed by atoms with Gasteiger partial charge in [0.2, 0.25) is 17.7 Å². The molecule has 5 unspecified atom stereocenters. The number of aliphatic carboxylic acids is 2. The lowest BCUT2D eigenvalue weighted by Crippen LogP contribution is -2.58. The Morgan fingerprint density at radius 1 is 0.973 bits per heavy atom. The van der Waals surface area contributed by atoms with Crippen molar-refractivity contribution in [2.45, 2.75) is 56.5 Å². The van der Waals surface area contributed by atoms with Crippen LogP contribution in [-0.2, 0) is 30.4 Å². The predicted octanol–water partition coefficient (Wildman–Crippen LogP) is -1.25. The average molecular weight is 538 g/mol. The van der Waals surface area contributed by atoms with Crippen molar-refractivity contribution in [2.75, 3.05) is 5.75 Å². The van der Waals surface area contributed by atoms with Gasteiger partial charge < -0.3 is 42.0 Å². The van der Waals surface area contributed by atoms with Crippen LogP contribution in [0.2, 0.25) is 0 Å². The molecule has 5 atom stereocenters. The van der Waals surface area contributed by atoms with Crippen molar-refractivity contribution < 1.29 is 39.3 Å². The summed E-state index contributed by atoms with van der Waals surface area (Å²) in [6.07, 6.45) is -0.468. The van der Waals surface area contributed by atoms with Crippen LogP contribution in [0.4, 0.5) is 0 Å². The zero-order chi connectivity index (χ0) is 27.7. The molecule has 2 rings (SSSR count). The molecule has 37 heavy (non-hydrogen) atoms. The second kappa shape index (κ2) is 13.6. The molecule has 0 saturated carbocycles. The van der Waals surface area contributed by atoms with Crippen molar-refractivity contribution in [1.82, 2.24) is 20.9 Å². The van der Waals surface area contributed by atoms with Gasteiger partial charge in [-0.2, -0.15) is 12.6 Å². The number of thiol groups is 1. The van der Waals surface area contributed by atoms with E-state index in [0.717, 1.165) is 10.9 Å². The molecule has 1 aromatic heterocycles. The van der Waals surface area contributed by atoms with Crippen molar-refractivity contribution >= 4 is 53.2 Å². The number of aromatic nitrogens is 1. The third kappa shape index (κ3) is 8.48. The summed E-state index contributed by atoms with van der Waals surface area (Å²) in [4.78, 5) is 63.9. The molecule has 14 heteroatoms. The lowest BCUT2D eigenvalue weighted by molar-refractivity contribution is -0.143. The second-order valence-electron chi connectivity index (χ2n) is 8.47. The Morgan fingerprint density at radius 2 is 1.57 bits per heavy atom. The second-order valence-corrected chi connectivity index (χ2v) is 8.83. The van der Waals surface area contributed by atoms with Crippen molar-refractivity contribution in [3.8, 4) is 0 Å². The maximum absolute atomic E-state index is 13.0. The number of nitrogens with two attached hydrogens (primary N) is 1. The molecule has 0 bridgehead atoms. The van der Waals surface area contributed by atoms with Crippen molar-refractivity contribution in [2.24, 2.45) is 5.73 Å². The number of hydrogen-bond acceptors (Lipinski definition) is 8. The molecule has 1 heterocycles. The fraction of sp³-hybridized carbons (Fsp3) is 0.435. The SMILES string of the molecule is CC(O)C(N)C(=O)NC(CS)C(=O)NC(CCC(=O)O)C(=O)NC(Cc1c[nH]c2ccccc12)C(=O)O. The summed E-state index contributed by atoms with van der Waals surface area (Å²) in [5.41, 5.74) is 6.99. The van der Waals surface area contributed by atoms with Crippen LogP contribution in [0.5, 0.6) is 0 Å². The molecule has 0 aliphatic rings. The first-order valence-electron chi connectivity index (χ1n) is 11.4. The number of H-pyrrole nitrogens is 1. The van der Waals surface area contributed by atoms with E-state index in [1.807, 2.05) is 12.1 Å². The van der Waals surface area contributed by atoms with Gasteiger partial charge in [0.15, 0.2) is 0 Å². The highest BCUT2D eigenvalue weighted by Crippen LogP contribution is 2.19. The molecule has 3 amide bonds. The smallest absolute Gasteiger partial charge is 0.326 e. The van der Waals surface area contributed by atoms with Gasteiger partial charge in [-0.3, -0.25) is 19.2 Å². The standard InChI is InChI=1S/C23H31N5O8S/c1-11(29)19(24)22(34)28-17(10-37)21(33)26-15(6-7-18(30)31)20(32)27-16(23(35)36)8-12-9-25-14-5-3-2-4-13(12)14/h2-5,9,11,15-17,19,25,29,37H,6-8,10,24H2,1H3,(H,26,33)(H,27,32)(H,28,34)(H,30,31)(H,35,36). The van der Waals surface area contributed by atoms with Gasteiger partial charge in [-0.15, -0.1) is 0 Å². The quantitative estimate of drug-likeness (QED) is 0.131. The summed E-state index contributed by atoms with van der Waals surface area (Å²) >= 11 is 4.02. The highest BCUT2D eigenvalue weighted by atomic mass is 32.1. The largest absolute Gasteiger partial charge is 0.481 e. The van der Waals surface area contributed by atoms with E-state index in [0.29, 0.717) is 5.56 Å². The van der Waals surface area contributed by atoms with E-state index < -0.39 is 66.4 Å². The van der Waals surface area contributed by atoms with Gasteiger partial charge in [0.25, 0.3) is 0 Å². The van der Waals surface area contributed by atoms with Gasteiger partial charge in [0, 0.05) is 35.7 Å². The Hall–Kier alpha value is -3.62. The highest BCUT2D eigenvalue weighted by Gasteiger charge is 2.31. The lowest BCUT2D eigenvalue weighted by atomic mass is 10.0. The number of fused-ring (bicyclic) bond motifs is 1. The Balaban J connectivity index is 2.16. The summed E-state index contributed by atoms with van der Waals surface area (Å²) in [6.45, 7) is 1.29. The minimum Gasteiger partial charge on any atom is -0.481 e. The number of benzene rings is 1. The van der Waals surface area contributed by atoms with E-state index in [4.69, 9.17) is 10.8 Å². The Bertz CT molecular complexity index is 1140. The Morgan fingerprint density at radius 3 is 2.16 bits per heavy atom. The minimum atomic E-state index is -1.42. The molecule has 0 fully saturated rings. The Kier molecular flexibility index (Phi) is 10.9. The van der Waals surface area contributed by atoms with Crippen molar-refractivity contribution in [3.63, 3.8) is 0 Å². The molecular formula is C23H31N5O8S. The van der Waals surface area contributed by atoms with E-state index >= 15 is 0 Å². The lowest BCUT2D eigenvalue weighted by Gasteiger charge is -2.24. The van der Waals surface area contributed by atoms with E-state index in [9.17, 15) is 34.2 Å². The fourth-order valence-electron chi connectivity index (χ4n) is 3.48. The van der Waals surface area contributed by atoms with Crippen LogP contribution in [0.3, 0.4) is 0 Å². The normalized spacial score (nSPS) is 15.1. The molecule has 9 N–H and O–H groups in total. The monoisotopic (exact) mass is 537 g/mol. The number of carbonyl (C=O) groups is 5. The maximum Gasteiger partial charge on any atom is 0.326 e. The number of aliphatic hydroxyl groups is 1. The number of carboxylic acid groups (broad SMARTS) is 2. The fourth-order valence-corrected chi connectivity index (χ4v) is 3.74. The van der Waals surface area contributed by atoms with Crippen molar-refractivity contribution in [3.05, 3.63) is 36.0 Å². The number of hydrogen-bond donors (Lipinski definition) is 9. The molecule has 0 aliphatic heterocycles. The van der Waals surface area contributed by atoms with Gasteiger partial charge in [-0.25, -0.2) is 4.79 Å².